The first kappa shape index (κ1) is 27.5. The largest absolute Gasteiger partial charge is 0.241 e. The van der Waals surface area contributed by atoms with Crippen molar-refractivity contribution in [1.82, 2.24) is 4.98 Å². The average molecular weight is 388 g/mol. The lowest BCUT2D eigenvalue weighted by molar-refractivity contribution is 0.857. The van der Waals surface area contributed by atoms with E-state index >= 15 is 0 Å². The number of fused-ring (bicyclic) bond motifs is 1. The molecule has 0 spiro atoms. The van der Waals surface area contributed by atoms with E-state index in [2.05, 4.69) is 75.1 Å². The summed E-state index contributed by atoms with van der Waals surface area (Å²) in [7, 11) is 0. The average Bonchev–Trinajstić information content (AvgIpc) is 3.18. The molecule has 3 aromatic rings. The van der Waals surface area contributed by atoms with Crippen LogP contribution in [-0.2, 0) is 0 Å². The first-order chi connectivity index (χ1) is 13.1. The SMILES string of the molecule is CC.CC.CC.CC(C)c1ccccc1.CC(C)c1nc2ccccc2s1. The van der Waals surface area contributed by atoms with Crippen LogP contribution in [0, 0.1) is 0 Å². The lowest BCUT2D eigenvalue weighted by atomic mass is 10.0. The minimum Gasteiger partial charge on any atom is -0.241 e. The van der Waals surface area contributed by atoms with E-state index in [-0.39, 0.29) is 0 Å². The van der Waals surface area contributed by atoms with E-state index in [1.165, 1.54) is 15.3 Å². The van der Waals surface area contributed by atoms with Gasteiger partial charge in [-0.3, -0.25) is 0 Å². The number of rotatable bonds is 2. The summed E-state index contributed by atoms with van der Waals surface area (Å²) in [6.45, 7) is 20.8. The smallest absolute Gasteiger partial charge is 0.0963 e. The first-order valence-corrected chi connectivity index (χ1v) is 11.3. The molecule has 2 aromatic carbocycles. The Balaban J connectivity index is 0. The number of para-hydroxylation sites is 1. The molecule has 0 aliphatic rings. The van der Waals surface area contributed by atoms with Crippen molar-refractivity contribution in [2.24, 2.45) is 0 Å². The summed E-state index contributed by atoms with van der Waals surface area (Å²) in [5, 5.41) is 1.23. The zero-order valence-electron chi connectivity index (χ0n) is 19.2. The second kappa shape index (κ2) is 17.7. The zero-order valence-corrected chi connectivity index (χ0v) is 20.0. The van der Waals surface area contributed by atoms with Crippen LogP contribution in [0.5, 0.6) is 0 Å². The number of aromatic nitrogens is 1. The highest BCUT2D eigenvalue weighted by atomic mass is 32.1. The van der Waals surface area contributed by atoms with E-state index in [4.69, 9.17) is 0 Å². The zero-order chi connectivity index (χ0) is 21.2. The van der Waals surface area contributed by atoms with Gasteiger partial charge in [-0.05, 0) is 23.6 Å². The monoisotopic (exact) mass is 387 g/mol. The molecule has 1 nitrogen and oxygen atoms in total. The molecule has 0 unspecified atom stereocenters. The van der Waals surface area contributed by atoms with Gasteiger partial charge in [-0.15, -0.1) is 11.3 Å². The van der Waals surface area contributed by atoms with Crippen LogP contribution in [0.1, 0.15) is 91.6 Å². The number of benzene rings is 2. The Hall–Kier alpha value is -1.67. The fourth-order valence-corrected chi connectivity index (χ4v) is 2.94. The van der Waals surface area contributed by atoms with Crippen molar-refractivity contribution >= 4 is 21.6 Å². The molecule has 2 heteroatoms. The standard InChI is InChI=1S/C10H11NS.C9H12.3C2H6/c1-7(2)10-11-8-5-3-4-6-9(8)12-10;1-8(2)9-6-4-3-5-7-9;3*1-2/h3-7H,1-2H3;3-8H,1-2H3;3*1-2H3. The van der Waals surface area contributed by atoms with Crippen LogP contribution in [0.15, 0.2) is 54.6 Å². The number of thiazole rings is 1. The molecular weight excluding hydrogens is 346 g/mol. The molecule has 0 aliphatic heterocycles. The normalized spacial score (nSPS) is 9.04. The van der Waals surface area contributed by atoms with Crippen LogP contribution in [0.2, 0.25) is 0 Å². The maximum atomic E-state index is 4.53. The maximum absolute atomic E-state index is 4.53. The van der Waals surface area contributed by atoms with Crippen LogP contribution in [0.3, 0.4) is 0 Å². The quantitative estimate of drug-likeness (QED) is 0.427. The molecule has 1 heterocycles. The van der Waals surface area contributed by atoms with Crippen LogP contribution in [0.4, 0.5) is 0 Å². The predicted molar refractivity (Wildman–Crippen MR) is 128 cm³/mol. The van der Waals surface area contributed by atoms with Crippen molar-refractivity contribution in [2.45, 2.75) is 81.1 Å². The Morgan fingerprint density at radius 3 is 1.52 bits per heavy atom. The van der Waals surface area contributed by atoms with Crippen molar-refractivity contribution in [2.75, 3.05) is 0 Å². The molecule has 0 saturated heterocycles. The molecule has 0 amide bonds. The van der Waals surface area contributed by atoms with E-state index in [0.29, 0.717) is 11.8 Å². The molecule has 27 heavy (non-hydrogen) atoms. The topological polar surface area (TPSA) is 12.9 Å². The van der Waals surface area contributed by atoms with Gasteiger partial charge in [0.25, 0.3) is 0 Å². The van der Waals surface area contributed by atoms with E-state index in [9.17, 15) is 0 Å². The molecule has 0 N–H and O–H groups in total. The molecule has 0 radical (unpaired) electrons. The van der Waals surface area contributed by atoms with Crippen LogP contribution in [0.25, 0.3) is 10.2 Å². The predicted octanol–water partition coefficient (Wildman–Crippen LogP) is 9.31. The van der Waals surface area contributed by atoms with Gasteiger partial charge in [-0.1, -0.05) is 112 Å². The number of hydrogen-bond donors (Lipinski definition) is 0. The molecule has 152 valence electrons. The number of nitrogens with zero attached hydrogens (tertiary/aromatic N) is 1. The van der Waals surface area contributed by atoms with Crippen molar-refractivity contribution in [3.63, 3.8) is 0 Å². The van der Waals surface area contributed by atoms with E-state index < -0.39 is 0 Å². The van der Waals surface area contributed by atoms with E-state index in [1.807, 2.05) is 53.7 Å². The van der Waals surface area contributed by atoms with Crippen molar-refractivity contribution < 1.29 is 0 Å². The summed E-state index contributed by atoms with van der Waals surface area (Å²) in [5.74, 6) is 1.20. The van der Waals surface area contributed by atoms with Gasteiger partial charge in [-0.25, -0.2) is 4.98 Å². The van der Waals surface area contributed by atoms with Crippen molar-refractivity contribution in [1.29, 1.82) is 0 Å². The van der Waals surface area contributed by atoms with Gasteiger partial charge in [0.05, 0.1) is 15.2 Å². The molecule has 0 saturated carbocycles. The fraction of sp³-hybridized carbons (Fsp3) is 0.480. The van der Waals surface area contributed by atoms with Gasteiger partial charge in [0.15, 0.2) is 0 Å². The van der Waals surface area contributed by atoms with Gasteiger partial charge in [0.1, 0.15) is 0 Å². The second-order valence-corrected chi connectivity index (χ2v) is 6.80. The summed E-state index contributed by atoms with van der Waals surface area (Å²) in [6.07, 6.45) is 0. The third kappa shape index (κ3) is 10.9. The van der Waals surface area contributed by atoms with Gasteiger partial charge in [0, 0.05) is 5.92 Å². The summed E-state index contributed by atoms with van der Waals surface area (Å²) in [5.41, 5.74) is 2.55. The lowest BCUT2D eigenvalue weighted by Gasteiger charge is -2.01. The van der Waals surface area contributed by atoms with Crippen LogP contribution >= 0.6 is 11.3 Å². The van der Waals surface area contributed by atoms with Crippen LogP contribution < -0.4 is 0 Å². The fourth-order valence-electron chi connectivity index (χ4n) is 1.97. The minimum absolute atomic E-state index is 0.544. The Morgan fingerprint density at radius 1 is 0.630 bits per heavy atom. The lowest BCUT2D eigenvalue weighted by Crippen LogP contribution is -1.83. The second-order valence-electron chi connectivity index (χ2n) is 5.74. The van der Waals surface area contributed by atoms with E-state index in [1.54, 1.807) is 11.3 Å². The maximum Gasteiger partial charge on any atom is 0.0963 e. The van der Waals surface area contributed by atoms with Gasteiger partial charge >= 0.3 is 0 Å². The number of hydrogen-bond acceptors (Lipinski definition) is 2. The summed E-state index contributed by atoms with van der Waals surface area (Å²) in [6, 6.07) is 18.8. The van der Waals surface area contributed by atoms with Gasteiger partial charge in [-0.2, -0.15) is 0 Å². The van der Waals surface area contributed by atoms with Crippen molar-refractivity contribution in [3.05, 3.63) is 65.2 Å². The highest BCUT2D eigenvalue weighted by Crippen LogP contribution is 2.26. The molecule has 0 bridgehead atoms. The first-order valence-electron chi connectivity index (χ1n) is 10.5. The molecule has 3 rings (SSSR count). The molecule has 0 fully saturated rings. The highest BCUT2D eigenvalue weighted by Gasteiger charge is 2.05. The molecule has 1 aromatic heterocycles. The molecule has 0 atom stereocenters. The Morgan fingerprint density at radius 2 is 1.11 bits per heavy atom. The van der Waals surface area contributed by atoms with Gasteiger partial charge in [0.2, 0.25) is 0 Å². The Kier molecular flexibility index (Phi) is 18.1. The molecular formula is C25H41NS. The van der Waals surface area contributed by atoms with Crippen LogP contribution in [-0.4, -0.2) is 4.98 Å². The third-order valence-electron chi connectivity index (χ3n) is 3.27. The summed E-state index contributed by atoms with van der Waals surface area (Å²) in [4.78, 5) is 4.53. The third-order valence-corrected chi connectivity index (χ3v) is 4.61. The summed E-state index contributed by atoms with van der Waals surface area (Å²) >= 11 is 1.79. The van der Waals surface area contributed by atoms with Gasteiger partial charge < -0.3 is 0 Å². The van der Waals surface area contributed by atoms with Crippen molar-refractivity contribution in [3.8, 4) is 0 Å². The minimum atomic E-state index is 0.544. The summed E-state index contributed by atoms with van der Waals surface area (Å²) < 4.78 is 1.29. The Bertz CT molecular complexity index is 636. The molecule has 0 aliphatic carbocycles. The van der Waals surface area contributed by atoms with E-state index in [0.717, 1.165) is 5.52 Å². The Labute approximate surface area is 172 Å². The highest BCUT2D eigenvalue weighted by molar-refractivity contribution is 7.18.